The van der Waals surface area contributed by atoms with Crippen molar-refractivity contribution in [2.45, 2.75) is 5.92 Å². The number of aromatic hydroxyl groups is 1. The highest BCUT2D eigenvalue weighted by molar-refractivity contribution is 6.23. The van der Waals surface area contributed by atoms with E-state index in [0.29, 0.717) is 16.8 Å². The largest absolute Gasteiger partial charge is 0.508 e. The molecule has 5 rings (SSSR count). The molecule has 1 atom stereocenters. The molecule has 0 amide bonds. The summed E-state index contributed by atoms with van der Waals surface area (Å²) in [6, 6.07) is 10.3. The first-order chi connectivity index (χ1) is 15.2. The summed E-state index contributed by atoms with van der Waals surface area (Å²) in [6.07, 6.45) is 0. The minimum absolute atomic E-state index is 0.0337. The molecule has 1 aliphatic carbocycles. The van der Waals surface area contributed by atoms with Gasteiger partial charge < -0.3 is 10.4 Å². The van der Waals surface area contributed by atoms with Crippen molar-refractivity contribution in [1.82, 2.24) is 9.13 Å². The smallest absolute Gasteiger partial charge is 0.332 e. The number of non-ortho nitro benzene ring substituents is 1. The lowest BCUT2D eigenvalue weighted by atomic mass is 9.81. The highest BCUT2D eigenvalue weighted by atomic mass is 16.6. The number of aromatic nitrogens is 2. The van der Waals surface area contributed by atoms with Gasteiger partial charge in [-0.15, -0.1) is 0 Å². The van der Waals surface area contributed by atoms with Crippen LogP contribution in [0.15, 0.2) is 57.6 Å². The quantitative estimate of drug-likeness (QED) is 0.466. The number of phenols is 1. The fourth-order valence-electron chi connectivity index (χ4n) is 4.45. The van der Waals surface area contributed by atoms with Crippen LogP contribution >= 0.6 is 0 Å². The molecule has 0 saturated carbocycles. The standard InChI is InChI=1S/C22H16N4O6/c1-24-20-17(21(29)25(2)22(24)30)15(13-9-10(26(31)32)7-8-14(13)27)16-18(23-20)11-5-3-4-6-12(11)19(16)28/h3-9,15,23,27H,1-2H3/t15-/m0/s1. The highest BCUT2D eigenvalue weighted by Gasteiger charge is 2.43. The summed E-state index contributed by atoms with van der Waals surface area (Å²) in [5.41, 5.74) is 0.103. The molecule has 10 heteroatoms. The maximum atomic E-state index is 13.4. The van der Waals surface area contributed by atoms with Crippen LogP contribution in [-0.4, -0.2) is 24.9 Å². The van der Waals surface area contributed by atoms with Gasteiger partial charge in [-0.25, -0.2) is 4.79 Å². The Kier molecular flexibility index (Phi) is 3.97. The molecule has 1 aliphatic heterocycles. The third kappa shape index (κ3) is 2.43. The molecule has 32 heavy (non-hydrogen) atoms. The van der Waals surface area contributed by atoms with Crippen molar-refractivity contribution in [3.63, 3.8) is 0 Å². The summed E-state index contributed by atoms with van der Waals surface area (Å²) in [6.45, 7) is 0. The molecule has 0 radical (unpaired) electrons. The number of carbonyl (C=O) groups excluding carboxylic acids is 1. The number of benzene rings is 2. The van der Waals surface area contributed by atoms with Crippen LogP contribution in [0.5, 0.6) is 5.75 Å². The first kappa shape index (κ1) is 19.5. The number of allylic oxidation sites excluding steroid dienone is 1. The van der Waals surface area contributed by atoms with E-state index in [1.54, 1.807) is 24.3 Å². The Morgan fingerprint density at radius 1 is 1.03 bits per heavy atom. The van der Waals surface area contributed by atoms with Crippen molar-refractivity contribution in [2.75, 3.05) is 5.32 Å². The Morgan fingerprint density at radius 3 is 2.41 bits per heavy atom. The van der Waals surface area contributed by atoms with Gasteiger partial charge in [0.25, 0.3) is 11.2 Å². The number of nitrogens with one attached hydrogen (secondary N) is 1. The summed E-state index contributed by atoms with van der Waals surface area (Å²) >= 11 is 0. The van der Waals surface area contributed by atoms with Gasteiger partial charge in [-0.3, -0.25) is 28.8 Å². The van der Waals surface area contributed by atoms with E-state index >= 15 is 0 Å². The average Bonchev–Trinajstić information content (AvgIpc) is 3.07. The van der Waals surface area contributed by atoms with E-state index < -0.39 is 22.1 Å². The number of anilines is 1. The Balaban J connectivity index is 1.92. The first-order valence-corrected chi connectivity index (χ1v) is 9.64. The summed E-state index contributed by atoms with van der Waals surface area (Å²) in [5.74, 6) is -1.62. The molecular weight excluding hydrogens is 416 g/mol. The number of ketones is 1. The minimum Gasteiger partial charge on any atom is -0.508 e. The Hall–Kier alpha value is -4.47. The van der Waals surface area contributed by atoms with Crippen LogP contribution in [0.1, 0.15) is 33.0 Å². The van der Waals surface area contributed by atoms with Crippen LogP contribution in [0.4, 0.5) is 11.5 Å². The number of nitro groups is 1. The molecule has 10 nitrogen and oxygen atoms in total. The third-order valence-electron chi connectivity index (χ3n) is 6.01. The van der Waals surface area contributed by atoms with Crippen molar-refractivity contribution in [2.24, 2.45) is 14.1 Å². The van der Waals surface area contributed by atoms with Crippen LogP contribution in [0.3, 0.4) is 0 Å². The second-order valence-corrected chi connectivity index (χ2v) is 7.69. The Labute approximate surface area is 179 Å². The Bertz CT molecular complexity index is 1530. The number of carbonyl (C=O) groups is 1. The number of hydrogen-bond acceptors (Lipinski definition) is 7. The van der Waals surface area contributed by atoms with Gasteiger partial charge in [0, 0.05) is 48.5 Å². The minimum atomic E-state index is -1.12. The van der Waals surface area contributed by atoms with Gasteiger partial charge >= 0.3 is 5.69 Å². The molecule has 0 fully saturated rings. The molecule has 160 valence electrons. The summed E-state index contributed by atoms with van der Waals surface area (Å²) in [7, 11) is 2.79. The fourth-order valence-corrected chi connectivity index (χ4v) is 4.45. The van der Waals surface area contributed by atoms with E-state index in [9.17, 15) is 29.6 Å². The molecule has 1 aromatic heterocycles. The SMILES string of the molecule is Cn1c2c(c(=O)n(C)c1=O)[C@@H](c1cc([N+](=O)[O-])ccc1O)C1=C(N2)c2ccccc2C1=O. The Morgan fingerprint density at radius 2 is 1.72 bits per heavy atom. The van der Waals surface area contributed by atoms with Crippen LogP contribution in [0.25, 0.3) is 5.70 Å². The lowest BCUT2D eigenvalue weighted by Crippen LogP contribution is -2.42. The molecule has 2 aliphatic rings. The number of nitro benzene ring substituents is 1. The monoisotopic (exact) mass is 432 g/mol. The number of hydrogen-bond donors (Lipinski definition) is 2. The van der Waals surface area contributed by atoms with Crippen molar-refractivity contribution >= 4 is 23.0 Å². The number of rotatable bonds is 2. The molecule has 2 aromatic carbocycles. The number of phenolic OH excluding ortho intramolecular Hbond substituents is 1. The van der Waals surface area contributed by atoms with Crippen LogP contribution in [0.2, 0.25) is 0 Å². The first-order valence-electron chi connectivity index (χ1n) is 9.64. The highest BCUT2D eigenvalue weighted by Crippen LogP contribution is 2.49. The molecular formula is C22H16N4O6. The molecule has 0 spiro atoms. The molecule has 0 unspecified atom stereocenters. The fraction of sp³-hybridized carbons (Fsp3) is 0.136. The summed E-state index contributed by atoms with van der Waals surface area (Å²) in [4.78, 5) is 50.0. The maximum absolute atomic E-state index is 13.4. The van der Waals surface area contributed by atoms with Gasteiger partial charge in [-0.1, -0.05) is 24.3 Å². The zero-order valence-corrected chi connectivity index (χ0v) is 16.9. The van der Waals surface area contributed by atoms with Gasteiger partial charge in [0.05, 0.1) is 22.1 Å². The second-order valence-electron chi connectivity index (χ2n) is 7.69. The van der Waals surface area contributed by atoms with Crippen LogP contribution in [-0.2, 0) is 14.1 Å². The van der Waals surface area contributed by atoms with Gasteiger partial charge in [-0.2, -0.15) is 0 Å². The number of Topliss-reactive ketones (excluding diaryl/α,β-unsaturated/α-hetero) is 1. The van der Waals surface area contributed by atoms with Crippen molar-refractivity contribution in [1.29, 1.82) is 0 Å². The molecule has 3 aromatic rings. The normalized spacial score (nSPS) is 16.3. The third-order valence-corrected chi connectivity index (χ3v) is 6.01. The average molecular weight is 432 g/mol. The van der Waals surface area contributed by atoms with E-state index in [4.69, 9.17) is 0 Å². The van der Waals surface area contributed by atoms with Crippen LogP contribution < -0.4 is 16.6 Å². The summed E-state index contributed by atoms with van der Waals surface area (Å²) < 4.78 is 2.15. The lowest BCUT2D eigenvalue weighted by Gasteiger charge is -2.29. The van der Waals surface area contributed by atoms with E-state index in [2.05, 4.69) is 5.32 Å². The molecule has 2 heterocycles. The maximum Gasteiger partial charge on any atom is 0.332 e. The van der Waals surface area contributed by atoms with Gasteiger partial charge in [0.2, 0.25) is 0 Å². The van der Waals surface area contributed by atoms with Crippen molar-refractivity contribution in [3.05, 3.63) is 101 Å². The van der Waals surface area contributed by atoms with Crippen molar-refractivity contribution in [3.8, 4) is 5.75 Å². The van der Waals surface area contributed by atoms with E-state index in [1.807, 2.05) is 0 Å². The zero-order chi connectivity index (χ0) is 22.9. The molecule has 2 N–H and O–H groups in total. The van der Waals surface area contributed by atoms with E-state index in [-0.39, 0.29) is 39.7 Å². The van der Waals surface area contributed by atoms with Crippen LogP contribution in [0, 0.1) is 10.1 Å². The number of fused-ring (bicyclic) bond motifs is 3. The molecule has 0 bridgehead atoms. The predicted octanol–water partition coefficient (Wildman–Crippen LogP) is 1.86. The topological polar surface area (TPSA) is 136 Å². The lowest BCUT2D eigenvalue weighted by molar-refractivity contribution is -0.384. The van der Waals surface area contributed by atoms with Gasteiger partial charge in [-0.05, 0) is 6.07 Å². The van der Waals surface area contributed by atoms with E-state index in [0.717, 1.165) is 22.8 Å². The van der Waals surface area contributed by atoms with Gasteiger partial charge in [0.15, 0.2) is 5.78 Å². The van der Waals surface area contributed by atoms with Crippen molar-refractivity contribution < 1.29 is 14.8 Å². The van der Waals surface area contributed by atoms with E-state index in [1.165, 1.54) is 18.7 Å². The zero-order valence-electron chi connectivity index (χ0n) is 16.9. The van der Waals surface area contributed by atoms with Gasteiger partial charge in [0.1, 0.15) is 11.6 Å². The predicted molar refractivity (Wildman–Crippen MR) is 115 cm³/mol. The summed E-state index contributed by atoms with van der Waals surface area (Å²) in [5, 5.41) is 25.1. The molecule has 0 saturated heterocycles. The second kappa shape index (κ2) is 6.51. The number of nitrogens with zero attached hydrogens (tertiary/aromatic N) is 3.